The van der Waals surface area contributed by atoms with Gasteiger partial charge in [-0.1, -0.05) is 137 Å². The standard InChI is InChI=1S/C24H50/c1-5-9-12-14-17-19-23(8-4)22-24(20-16-11-7-3)21-18-15-13-10-6-2/h23-24H,5-22H2,1-4H3. The fourth-order valence-corrected chi connectivity index (χ4v) is 4.10. The maximum Gasteiger partial charge on any atom is -0.0412 e. The Balaban J connectivity index is 4.05. The van der Waals surface area contributed by atoms with Gasteiger partial charge in [0.2, 0.25) is 0 Å². The highest BCUT2D eigenvalue weighted by Crippen LogP contribution is 2.29. The highest BCUT2D eigenvalue weighted by Gasteiger charge is 2.15. The molecule has 0 heteroatoms. The predicted octanol–water partition coefficient (Wildman–Crippen LogP) is 9.32. The zero-order valence-corrected chi connectivity index (χ0v) is 17.9. The third kappa shape index (κ3) is 15.5. The van der Waals surface area contributed by atoms with Crippen LogP contribution in [0.3, 0.4) is 0 Å². The molecule has 0 radical (unpaired) electrons. The van der Waals surface area contributed by atoms with Crippen molar-refractivity contribution >= 4 is 0 Å². The topological polar surface area (TPSA) is 0 Å². The van der Waals surface area contributed by atoms with Crippen LogP contribution in [0.15, 0.2) is 0 Å². The van der Waals surface area contributed by atoms with Gasteiger partial charge < -0.3 is 0 Å². The lowest BCUT2D eigenvalue weighted by atomic mass is 9.83. The van der Waals surface area contributed by atoms with Crippen molar-refractivity contribution in [2.45, 2.75) is 143 Å². The summed E-state index contributed by atoms with van der Waals surface area (Å²) in [6, 6.07) is 0. The molecule has 0 amide bonds. The second-order valence-corrected chi connectivity index (χ2v) is 8.28. The summed E-state index contributed by atoms with van der Waals surface area (Å²) in [5, 5.41) is 0. The summed E-state index contributed by atoms with van der Waals surface area (Å²) >= 11 is 0. The third-order valence-electron chi connectivity index (χ3n) is 5.89. The first kappa shape index (κ1) is 24.0. The van der Waals surface area contributed by atoms with Gasteiger partial charge in [-0.05, 0) is 18.3 Å². The Kier molecular flexibility index (Phi) is 19.3. The molecule has 0 aliphatic rings. The van der Waals surface area contributed by atoms with E-state index in [0.29, 0.717) is 0 Å². The minimum absolute atomic E-state index is 1.01. The Labute approximate surface area is 155 Å². The Morgan fingerprint density at radius 2 is 0.792 bits per heavy atom. The number of hydrogen-bond acceptors (Lipinski definition) is 0. The monoisotopic (exact) mass is 338 g/mol. The van der Waals surface area contributed by atoms with Crippen molar-refractivity contribution in [1.82, 2.24) is 0 Å². The minimum atomic E-state index is 1.01. The molecule has 0 aliphatic heterocycles. The predicted molar refractivity (Wildman–Crippen MR) is 113 cm³/mol. The van der Waals surface area contributed by atoms with Crippen LogP contribution in [0.1, 0.15) is 143 Å². The van der Waals surface area contributed by atoms with Gasteiger partial charge >= 0.3 is 0 Å². The summed E-state index contributed by atoms with van der Waals surface area (Å²) < 4.78 is 0. The first-order chi connectivity index (χ1) is 11.8. The molecule has 2 unspecified atom stereocenters. The molecule has 0 heterocycles. The summed E-state index contributed by atoms with van der Waals surface area (Å²) in [7, 11) is 0. The van der Waals surface area contributed by atoms with Gasteiger partial charge in [-0.3, -0.25) is 0 Å². The van der Waals surface area contributed by atoms with Crippen LogP contribution in [0.4, 0.5) is 0 Å². The van der Waals surface area contributed by atoms with Gasteiger partial charge in [-0.2, -0.15) is 0 Å². The average Bonchev–Trinajstić information content (AvgIpc) is 2.60. The molecule has 0 rings (SSSR count). The lowest BCUT2D eigenvalue weighted by Gasteiger charge is -2.23. The van der Waals surface area contributed by atoms with Crippen LogP contribution in [-0.4, -0.2) is 0 Å². The van der Waals surface area contributed by atoms with Gasteiger partial charge in [0.15, 0.2) is 0 Å². The van der Waals surface area contributed by atoms with Gasteiger partial charge in [0.05, 0.1) is 0 Å². The summed E-state index contributed by atoms with van der Waals surface area (Å²) in [5.74, 6) is 2.03. The van der Waals surface area contributed by atoms with E-state index in [1.165, 1.54) is 116 Å². The minimum Gasteiger partial charge on any atom is -0.0654 e. The Hall–Kier alpha value is 0. The van der Waals surface area contributed by atoms with E-state index in [1.54, 1.807) is 0 Å². The van der Waals surface area contributed by atoms with Crippen LogP contribution in [0.5, 0.6) is 0 Å². The molecule has 24 heavy (non-hydrogen) atoms. The third-order valence-corrected chi connectivity index (χ3v) is 5.89. The number of hydrogen-bond donors (Lipinski definition) is 0. The maximum absolute atomic E-state index is 2.43. The molecule has 0 aromatic carbocycles. The normalized spacial score (nSPS) is 14.0. The first-order valence-electron chi connectivity index (χ1n) is 11.8. The van der Waals surface area contributed by atoms with E-state index < -0.39 is 0 Å². The molecular weight excluding hydrogens is 288 g/mol. The van der Waals surface area contributed by atoms with Crippen molar-refractivity contribution < 1.29 is 0 Å². The van der Waals surface area contributed by atoms with Gasteiger partial charge in [0, 0.05) is 0 Å². The molecule has 146 valence electrons. The van der Waals surface area contributed by atoms with E-state index in [2.05, 4.69) is 27.7 Å². The fourth-order valence-electron chi connectivity index (χ4n) is 4.10. The van der Waals surface area contributed by atoms with Crippen LogP contribution < -0.4 is 0 Å². The Morgan fingerprint density at radius 3 is 1.25 bits per heavy atom. The lowest BCUT2D eigenvalue weighted by Crippen LogP contribution is -2.09. The second kappa shape index (κ2) is 19.3. The molecule has 0 N–H and O–H groups in total. The van der Waals surface area contributed by atoms with Crippen molar-refractivity contribution in [3.63, 3.8) is 0 Å². The average molecular weight is 339 g/mol. The highest BCUT2D eigenvalue weighted by molar-refractivity contribution is 4.67. The van der Waals surface area contributed by atoms with Crippen molar-refractivity contribution in [1.29, 1.82) is 0 Å². The summed E-state index contributed by atoms with van der Waals surface area (Å²) in [6.07, 6.45) is 26.2. The van der Waals surface area contributed by atoms with Crippen LogP contribution >= 0.6 is 0 Å². The first-order valence-corrected chi connectivity index (χ1v) is 11.8. The van der Waals surface area contributed by atoms with E-state index in [1.807, 2.05) is 0 Å². The van der Waals surface area contributed by atoms with Gasteiger partial charge in [-0.15, -0.1) is 0 Å². The van der Waals surface area contributed by atoms with E-state index in [0.717, 1.165) is 11.8 Å². The molecule has 0 fully saturated rings. The van der Waals surface area contributed by atoms with Crippen LogP contribution in [0, 0.1) is 11.8 Å². The van der Waals surface area contributed by atoms with Gasteiger partial charge in [0.25, 0.3) is 0 Å². The van der Waals surface area contributed by atoms with E-state index >= 15 is 0 Å². The molecule has 0 saturated heterocycles. The molecule has 2 atom stereocenters. The summed E-state index contributed by atoms with van der Waals surface area (Å²) in [6.45, 7) is 9.40. The second-order valence-electron chi connectivity index (χ2n) is 8.28. The summed E-state index contributed by atoms with van der Waals surface area (Å²) in [4.78, 5) is 0. The van der Waals surface area contributed by atoms with E-state index in [-0.39, 0.29) is 0 Å². The molecule has 0 aliphatic carbocycles. The van der Waals surface area contributed by atoms with Crippen molar-refractivity contribution in [2.75, 3.05) is 0 Å². The Morgan fingerprint density at radius 1 is 0.417 bits per heavy atom. The van der Waals surface area contributed by atoms with E-state index in [4.69, 9.17) is 0 Å². The molecular formula is C24H50. The smallest absolute Gasteiger partial charge is 0.0412 e. The van der Waals surface area contributed by atoms with Gasteiger partial charge in [-0.25, -0.2) is 0 Å². The highest BCUT2D eigenvalue weighted by atomic mass is 14.2. The molecule has 0 aromatic heterocycles. The van der Waals surface area contributed by atoms with Crippen molar-refractivity contribution in [2.24, 2.45) is 11.8 Å². The quantitative estimate of drug-likeness (QED) is 0.206. The SMILES string of the molecule is CCCCCCCC(CC)CC(CCCCC)CCCCCCC. The van der Waals surface area contributed by atoms with Crippen LogP contribution in [-0.2, 0) is 0 Å². The van der Waals surface area contributed by atoms with Crippen LogP contribution in [0.25, 0.3) is 0 Å². The molecule has 0 spiro atoms. The molecule has 0 aromatic rings. The Bertz CT molecular complexity index is 220. The zero-order chi connectivity index (χ0) is 17.9. The fraction of sp³-hybridized carbons (Fsp3) is 1.00. The van der Waals surface area contributed by atoms with Gasteiger partial charge in [0.1, 0.15) is 0 Å². The summed E-state index contributed by atoms with van der Waals surface area (Å²) in [5.41, 5.74) is 0. The molecule has 0 saturated carbocycles. The number of rotatable bonds is 19. The largest absolute Gasteiger partial charge is 0.0654 e. The van der Waals surface area contributed by atoms with Crippen molar-refractivity contribution in [3.8, 4) is 0 Å². The van der Waals surface area contributed by atoms with E-state index in [9.17, 15) is 0 Å². The molecule has 0 nitrogen and oxygen atoms in total. The number of unbranched alkanes of at least 4 members (excludes halogenated alkanes) is 10. The van der Waals surface area contributed by atoms with Crippen LogP contribution in [0.2, 0.25) is 0 Å². The zero-order valence-electron chi connectivity index (χ0n) is 17.9. The van der Waals surface area contributed by atoms with Crippen molar-refractivity contribution in [3.05, 3.63) is 0 Å². The lowest BCUT2D eigenvalue weighted by molar-refractivity contribution is 0.294. The maximum atomic E-state index is 2.43. The molecule has 0 bridgehead atoms.